The SMILES string of the molecule is CCC(OS(=O)(=O)c1ccc(C)cc1)OS(=O)(=O)c1ccc(C)cc1. The van der Waals surface area contributed by atoms with Gasteiger partial charge in [-0.05, 0) is 44.5 Å². The van der Waals surface area contributed by atoms with E-state index in [1.165, 1.54) is 24.3 Å². The predicted octanol–water partition coefficient (Wildman–Crippen LogP) is 3.15. The van der Waals surface area contributed by atoms with Gasteiger partial charge in [0.1, 0.15) is 0 Å². The molecule has 0 aliphatic heterocycles. The number of aryl methyl sites for hydroxylation is 2. The Hall–Kier alpha value is -1.74. The summed E-state index contributed by atoms with van der Waals surface area (Å²) in [5.74, 6) is 0. The zero-order chi connectivity index (χ0) is 18.7. The minimum atomic E-state index is -4.14. The van der Waals surface area contributed by atoms with Crippen LogP contribution in [0.3, 0.4) is 0 Å². The van der Waals surface area contributed by atoms with Crippen LogP contribution < -0.4 is 0 Å². The van der Waals surface area contributed by atoms with Gasteiger partial charge in [-0.3, -0.25) is 0 Å². The first-order chi connectivity index (χ1) is 11.6. The molecule has 25 heavy (non-hydrogen) atoms. The Balaban J connectivity index is 2.19. The number of benzene rings is 2. The Morgan fingerprint density at radius 1 is 0.720 bits per heavy atom. The normalized spacial score (nSPS) is 12.5. The second-order valence-electron chi connectivity index (χ2n) is 5.56. The monoisotopic (exact) mass is 384 g/mol. The molecule has 0 unspecified atom stereocenters. The molecule has 0 heterocycles. The molecule has 0 aliphatic rings. The smallest absolute Gasteiger partial charge is 0.233 e. The molecule has 0 saturated carbocycles. The van der Waals surface area contributed by atoms with Gasteiger partial charge in [0.15, 0.2) is 6.29 Å². The summed E-state index contributed by atoms with van der Waals surface area (Å²) in [4.78, 5) is -0.124. The third kappa shape index (κ3) is 5.12. The van der Waals surface area contributed by atoms with Crippen molar-refractivity contribution in [3.8, 4) is 0 Å². The Bertz CT molecular complexity index is 837. The molecule has 0 fully saturated rings. The topological polar surface area (TPSA) is 86.7 Å². The van der Waals surface area contributed by atoms with Crippen molar-refractivity contribution in [1.82, 2.24) is 0 Å². The maximum atomic E-state index is 12.3. The van der Waals surface area contributed by atoms with Crippen molar-refractivity contribution < 1.29 is 25.2 Å². The van der Waals surface area contributed by atoms with Crippen molar-refractivity contribution in [2.45, 2.75) is 43.3 Å². The third-order valence-electron chi connectivity index (χ3n) is 3.42. The molecule has 0 amide bonds. The molecule has 136 valence electrons. The first kappa shape index (κ1) is 19.6. The van der Waals surface area contributed by atoms with Crippen molar-refractivity contribution in [3.05, 3.63) is 59.7 Å². The van der Waals surface area contributed by atoms with Gasteiger partial charge in [0.2, 0.25) is 0 Å². The highest BCUT2D eigenvalue weighted by Crippen LogP contribution is 2.21. The molecule has 0 spiro atoms. The molecule has 2 aromatic carbocycles. The summed E-state index contributed by atoms with van der Waals surface area (Å²) < 4.78 is 59.1. The summed E-state index contributed by atoms with van der Waals surface area (Å²) in [5.41, 5.74) is 1.79. The van der Waals surface area contributed by atoms with Crippen LogP contribution in [0.5, 0.6) is 0 Å². The molecular formula is C17H20O6S2. The summed E-state index contributed by atoms with van der Waals surface area (Å²) in [6.45, 7) is 5.21. The molecule has 0 N–H and O–H groups in total. The van der Waals surface area contributed by atoms with Crippen LogP contribution in [0.15, 0.2) is 58.3 Å². The lowest BCUT2D eigenvalue weighted by Gasteiger charge is -2.16. The van der Waals surface area contributed by atoms with Crippen LogP contribution in [0.4, 0.5) is 0 Å². The van der Waals surface area contributed by atoms with Crippen LogP contribution in [-0.4, -0.2) is 23.1 Å². The van der Waals surface area contributed by atoms with E-state index in [2.05, 4.69) is 0 Å². The summed E-state index contributed by atoms with van der Waals surface area (Å²) in [7, 11) is -8.28. The molecule has 2 aromatic rings. The van der Waals surface area contributed by atoms with Gasteiger partial charge < -0.3 is 0 Å². The van der Waals surface area contributed by atoms with E-state index >= 15 is 0 Å². The van der Waals surface area contributed by atoms with Gasteiger partial charge in [-0.2, -0.15) is 16.8 Å². The molecule has 6 nitrogen and oxygen atoms in total. The van der Waals surface area contributed by atoms with Crippen LogP contribution in [-0.2, 0) is 28.6 Å². The van der Waals surface area contributed by atoms with Crippen molar-refractivity contribution in [3.63, 3.8) is 0 Å². The Morgan fingerprint density at radius 2 is 1.04 bits per heavy atom. The van der Waals surface area contributed by atoms with E-state index in [-0.39, 0.29) is 16.2 Å². The zero-order valence-corrected chi connectivity index (χ0v) is 15.8. The van der Waals surface area contributed by atoms with E-state index in [0.717, 1.165) is 11.1 Å². The van der Waals surface area contributed by atoms with E-state index in [9.17, 15) is 16.8 Å². The van der Waals surface area contributed by atoms with Gasteiger partial charge >= 0.3 is 0 Å². The van der Waals surface area contributed by atoms with Gasteiger partial charge in [0.05, 0.1) is 9.79 Å². The standard InChI is InChI=1S/C17H20O6S2/c1-4-17(22-24(18,19)15-9-5-13(2)6-10-15)23-25(20,21)16-11-7-14(3)8-12-16/h5-12,17H,4H2,1-3H3. The van der Waals surface area contributed by atoms with E-state index < -0.39 is 26.5 Å². The van der Waals surface area contributed by atoms with Crippen molar-refractivity contribution in [2.75, 3.05) is 0 Å². The number of hydrogen-bond donors (Lipinski definition) is 0. The van der Waals surface area contributed by atoms with Crippen molar-refractivity contribution in [1.29, 1.82) is 0 Å². The number of rotatable bonds is 7. The van der Waals surface area contributed by atoms with Gasteiger partial charge in [-0.15, -0.1) is 0 Å². The van der Waals surface area contributed by atoms with Crippen LogP contribution in [0.2, 0.25) is 0 Å². The van der Waals surface area contributed by atoms with E-state index in [1.54, 1.807) is 31.2 Å². The van der Waals surface area contributed by atoms with Gasteiger partial charge in [-0.25, -0.2) is 8.37 Å². The minimum Gasteiger partial charge on any atom is -0.233 e. The highest BCUT2D eigenvalue weighted by Gasteiger charge is 2.27. The second kappa shape index (κ2) is 7.65. The van der Waals surface area contributed by atoms with Crippen LogP contribution >= 0.6 is 0 Å². The second-order valence-corrected chi connectivity index (χ2v) is 8.71. The highest BCUT2D eigenvalue weighted by atomic mass is 32.2. The first-order valence-corrected chi connectivity index (χ1v) is 10.5. The lowest BCUT2D eigenvalue weighted by Crippen LogP contribution is -2.24. The van der Waals surface area contributed by atoms with Gasteiger partial charge in [0.25, 0.3) is 20.2 Å². The molecule has 8 heteroatoms. The first-order valence-electron chi connectivity index (χ1n) is 7.64. The van der Waals surface area contributed by atoms with Crippen molar-refractivity contribution in [2.24, 2.45) is 0 Å². The van der Waals surface area contributed by atoms with E-state index in [1.807, 2.05) is 13.8 Å². The molecule has 0 radical (unpaired) electrons. The Kier molecular flexibility index (Phi) is 5.99. The fourth-order valence-corrected chi connectivity index (χ4v) is 4.08. The Labute approximate surface area is 148 Å². The average Bonchev–Trinajstić information content (AvgIpc) is 2.54. The molecule has 0 atom stereocenters. The molecule has 0 bridgehead atoms. The summed E-state index contributed by atoms with van der Waals surface area (Å²) in [6, 6.07) is 12.1. The maximum Gasteiger partial charge on any atom is 0.299 e. The van der Waals surface area contributed by atoms with E-state index in [4.69, 9.17) is 8.37 Å². The minimum absolute atomic E-state index is 0.0379. The number of hydrogen-bond acceptors (Lipinski definition) is 6. The van der Waals surface area contributed by atoms with Crippen molar-refractivity contribution >= 4 is 20.2 Å². The van der Waals surface area contributed by atoms with E-state index in [0.29, 0.717) is 0 Å². The fourth-order valence-electron chi connectivity index (χ4n) is 1.96. The predicted molar refractivity (Wildman–Crippen MR) is 93.0 cm³/mol. The zero-order valence-electron chi connectivity index (χ0n) is 14.2. The Morgan fingerprint density at radius 3 is 1.32 bits per heavy atom. The highest BCUT2D eigenvalue weighted by molar-refractivity contribution is 7.87. The van der Waals surface area contributed by atoms with Gasteiger partial charge in [0, 0.05) is 0 Å². The summed E-state index contributed by atoms with van der Waals surface area (Å²) in [6.07, 6.45) is -1.41. The molecular weight excluding hydrogens is 364 g/mol. The third-order valence-corrected chi connectivity index (χ3v) is 6.06. The molecule has 0 saturated heterocycles. The summed E-state index contributed by atoms with van der Waals surface area (Å²) in [5, 5.41) is 0. The molecule has 0 aromatic heterocycles. The maximum absolute atomic E-state index is 12.3. The average molecular weight is 384 g/mol. The van der Waals surface area contributed by atoms with Crippen LogP contribution in [0, 0.1) is 13.8 Å². The van der Waals surface area contributed by atoms with Crippen LogP contribution in [0.25, 0.3) is 0 Å². The quantitative estimate of drug-likeness (QED) is 0.538. The molecule has 0 aliphatic carbocycles. The summed E-state index contributed by atoms with van der Waals surface area (Å²) >= 11 is 0. The van der Waals surface area contributed by atoms with Gasteiger partial charge in [-0.1, -0.05) is 42.3 Å². The molecule has 2 rings (SSSR count). The fraction of sp³-hybridized carbons (Fsp3) is 0.294. The lowest BCUT2D eigenvalue weighted by atomic mass is 10.2. The van der Waals surface area contributed by atoms with Crippen LogP contribution in [0.1, 0.15) is 24.5 Å². The lowest BCUT2D eigenvalue weighted by molar-refractivity contribution is 0.0147. The largest absolute Gasteiger partial charge is 0.299 e.